The predicted molar refractivity (Wildman–Crippen MR) is 74.1 cm³/mol. The second-order valence-corrected chi connectivity index (χ2v) is 4.78. The predicted octanol–water partition coefficient (Wildman–Crippen LogP) is 2.23. The fourth-order valence-corrected chi connectivity index (χ4v) is 1.74. The van der Waals surface area contributed by atoms with Crippen LogP contribution in [0, 0.1) is 16.0 Å². The zero-order valence-corrected chi connectivity index (χ0v) is 11.5. The van der Waals surface area contributed by atoms with Crippen LogP contribution in [0.4, 0.5) is 11.5 Å². The average molecular weight is 281 g/mol. The Morgan fingerprint density at radius 2 is 2.30 bits per heavy atom. The van der Waals surface area contributed by atoms with Crippen molar-refractivity contribution in [3.8, 4) is 5.88 Å². The lowest BCUT2D eigenvalue weighted by Crippen LogP contribution is -2.09. The van der Waals surface area contributed by atoms with Gasteiger partial charge in [-0.05, 0) is 25.2 Å². The number of nitrogens with one attached hydrogen (secondary N) is 1. The van der Waals surface area contributed by atoms with Crippen LogP contribution >= 0.6 is 0 Å². The number of hydrogen-bond donors (Lipinski definition) is 1. The number of nitro groups is 1. The van der Waals surface area contributed by atoms with Crippen molar-refractivity contribution in [2.45, 2.75) is 19.3 Å². The van der Waals surface area contributed by atoms with E-state index in [-0.39, 0.29) is 11.5 Å². The molecule has 2 rings (SSSR count). The van der Waals surface area contributed by atoms with Gasteiger partial charge in [-0.3, -0.25) is 10.1 Å². The monoisotopic (exact) mass is 281 g/mol. The normalized spacial score (nSPS) is 14.1. The lowest BCUT2D eigenvalue weighted by molar-refractivity contribution is -0.384. The second-order valence-electron chi connectivity index (χ2n) is 4.78. The van der Waals surface area contributed by atoms with Gasteiger partial charge >= 0.3 is 5.69 Å². The topological polar surface area (TPSA) is 86.5 Å². The largest absolute Gasteiger partial charge is 0.481 e. The van der Waals surface area contributed by atoms with E-state index in [0.29, 0.717) is 19.0 Å². The lowest BCUT2D eigenvalue weighted by Gasteiger charge is -2.08. The third-order valence-corrected chi connectivity index (χ3v) is 3.06. The number of rotatable bonds is 9. The van der Waals surface area contributed by atoms with Gasteiger partial charge in [-0.2, -0.15) is 4.98 Å². The summed E-state index contributed by atoms with van der Waals surface area (Å²) in [5.41, 5.74) is -0.0512. The van der Waals surface area contributed by atoms with Crippen LogP contribution < -0.4 is 10.1 Å². The van der Waals surface area contributed by atoms with E-state index in [0.717, 1.165) is 18.9 Å². The summed E-state index contributed by atoms with van der Waals surface area (Å²) in [4.78, 5) is 14.5. The summed E-state index contributed by atoms with van der Waals surface area (Å²) < 4.78 is 10.5. The highest BCUT2D eigenvalue weighted by Crippen LogP contribution is 2.28. The highest BCUT2D eigenvalue weighted by Gasteiger charge is 2.21. The summed E-state index contributed by atoms with van der Waals surface area (Å²) >= 11 is 0. The maximum atomic E-state index is 10.9. The maximum Gasteiger partial charge on any atom is 0.311 e. The minimum Gasteiger partial charge on any atom is -0.481 e. The summed E-state index contributed by atoms with van der Waals surface area (Å²) in [7, 11) is 1.48. The van der Waals surface area contributed by atoms with Crippen LogP contribution in [-0.4, -0.2) is 36.8 Å². The molecule has 0 aliphatic heterocycles. The highest BCUT2D eigenvalue weighted by atomic mass is 16.6. The molecular formula is C13H19N3O4. The first-order chi connectivity index (χ1) is 9.70. The SMILES string of the molecule is COc1ccc([N+](=O)[O-])c(NCCCOCC2CC2)n1. The standard InChI is InChI=1S/C13H19N3O4/c1-19-12-6-5-11(16(17)18)13(15-12)14-7-2-8-20-9-10-3-4-10/h5-6,10H,2-4,7-9H2,1H3,(H,14,15). The fraction of sp³-hybridized carbons (Fsp3) is 0.615. The Kier molecular flexibility index (Phi) is 5.11. The van der Waals surface area contributed by atoms with Crippen molar-refractivity contribution in [3.63, 3.8) is 0 Å². The van der Waals surface area contributed by atoms with Gasteiger partial charge in [0.25, 0.3) is 0 Å². The Hall–Kier alpha value is -1.89. The van der Waals surface area contributed by atoms with Crippen molar-refractivity contribution in [2.24, 2.45) is 5.92 Å². The molecule has 0 aromatic carbocycles. The molecule has 1 heterocycles. The smallest absolute Gasteiger partial charge is 0.311 e. The van der Waals surface area contributed by atoms with Gasteiger partial charge < -0.3 is 14.8 Å². The van der Waals surface area contributed by atoms with Crippen molar-refractivity contribution >= 4 is 11.5 Å². The first-order valence-electron chi connectivity index (χ1n) is 6.71. The minimum absolute atomic E-state index is 0.0512. The second kappa shape index (κ2) is 7.04. The molecule has 0 bridgehead atoms. The Morgan fingerprint density at radius 1 is 1.50 bits per heavy atom. The minimum atomic E-state index is -0.460. The molecule has 20 heavy (non-hydrogen) atoms. The summed E-state index contributed by atoms with van der Waals surface area (Å²) in [5.74, 6) is 1.34. The number of aromatic nitrogens is 1. The molecule has 1 N–H and O–H groups in total. The van der Waals surface area contributed by atoms with E-state index < -0.39 is 4.92 Å². The van der Waals surface area contributed by atoms with Gasteiger partial charge in [0.2, 0.25) is 11.7 Å². The molecule has 0 atom stereocenters. The Bertz CT molecular complexity index is 463. The third-order valence-electron chi connectivity index (χ3n) is 3.06. The van der Waals surface area contributed by atoms with Crippen molar-refractivity contribution in [2.75, 3.05) is 32.2 Å². The molecule has 1 aromatic heterocycles. The lowest BCUT2D eigenvalue weighted by atomic mass is 10.3. The summed E-state index contributed by atoms with van der Waals surface area (Å²) in [6.45, 7) is 2.06. The Morgan fingerprint density at radius 3 is 2.95 bits per heavy atom. The average Bonchev–Trinajstić information content (AvgIpc) is 3.26. The van der Waals surface area contributed by atoms with Crippen molar-refractivity contribution < 1.29 is 14.4 Å². The molecule has 0 spiro atoms. The van der Waals surface area contributed by atoms with Crippen molar-refractivity contribution in [1.82, 2.24) is 4.98 Å². The van der Waals surface area contributed by atoms with E-state index >= 15 is 0 Å². The zero-order chi connectivity index (χ0) is 14.4. The van der Waals surface area contributed by atoms with Gasteiger partial charge in [-0.25, -0.2) is 0 Å². The Balaban J connectivity index is 1.78. The van der Waals surface area contributed by atoms with Crippen LogP contribution in [0.2, 0.25) is 0 Å². The van der Waals surface area contributed by atoms with Crippen molar-refractivity contribution in [1.29, 1.82) is 0 Å². The van der Waals surface area contributed by atoms with E-state index in [2.05, 4.69) is 10.3 Å². The van der Waals surface area contributed by atoms with Crippen LogP contribution in [0.3, 0.4) is 0 Å². The quantitative estimate of drug-likeness (QED) is 0.424. The number of anilines is 1. The molecule has 7 heteroatoms. The Labute approximate surface area is 117 Å². The molecule has 1 saturated carbocycles. The van der Waals surface area contributed by atoms with Gasteiger partial charge in [0.05, 0.1) is 12.0 Å². The van der Waals surface area contributed by atoms with Crippen LogP contribution in [-0.2, 0) is 4.74 Å². The van der Waals surface area contributed by atoms with Gasteiger partial charge in [-0.15, -0.1) is 0 Å². The molecule has 1 aromatic rings. The molecular weight excluding hydrogens is 262 g/mol. The van der Waals surface area contributed by atoms with Crippen LogP contribution in [0.25, 0.3) is 0 Å². The molecule has 110 valence electrons. The maximum absolute atomic E-state index is 10.9. The number of ether oxygens (including phenoxy) is 2. The van der Waals surface area contributed by atoms with Crippen LogP contribution in [0.5, 0.6) is 5.88 Å². The van der Waals surface area contributed by atoms with Gasteiger partial charge in [0.1, 0.15) is 0 Å². The fourth-order valence-electron chi connectivity index (χ4n) is 1.74. The van der Waals surface area contributed by atoms with Gasteiger partial charge in [0, 0.05) is 31.9 Å². The molecule has 0 radical (unpaired) electrons. The highest BCUT2D eigenvalue weighted by molar-refractivity contribution is 5.56. The number of nitrogens with zero attached hydrogens (tertiary/aromatic N) is 2. The molecule has 7 nitrogen and oxygen atoms in total. The number of hydrogen-bond acceptors (Lipinski definition) is 6. The molecule has 1 aliphatic carbocycles. The molecule has 0 saturated heterocycles. The zero-order valence-electron chi connectivity index (χ0n) is 11.5. The van der Waals surface area contributed by atoms with E-state index in [1.165, 1.54) is 32.1 Å². The third kappa shape index (κ3) is 4.34. The number of pyridine rings is 1. The van der Waals surface area contributed by atoms with E-state index in [4.69, 9.17) is 9.47 Å². The summed E-state index contributed by atoms with van der Waals surface area (Å²) in [5, 5.41) is 13.9. The molecule has 1 aliphatic rings. The van der Waals surface area contributed by atoms with Gasteiger partial charge in [-0.1, -0.05) is 0 Å². The molecule has 0 amide bonds. The first kappa shape index (κ1) is 14.5. The molecule has 1 fully saturated rings. The molecule has 0 unspecified atom stereocenters. The van der Waals surface area contributed by atoms with E-state index in [1.807, 2.05) is 0 Å². The van der Waals surface area contributed by atoms with Crippen LogP contribution in [0.15, 0.2) is 12.1 Å². The first-order valence-corrected chi connectivity index (χ1v) is 6.71. The van der Waals surface area contributed by atoms with E-state index in [9.17, 15) is 10.1 Å². The van der Waals surface area contributed by atoms with E-state index in [1.54, 1.807) is 0 Å². The number of methoxy groups -OCH3 is 1. The summed E-state index contributed by atoms with van der Waals surface area (Å²) in [6.07, 6.45) is 3.33. The van der Waals surface area contributed by atoms with Gasteiger partial charge in [0.15, 0.2) is 0 Å². The van der Waals surface area contributed by atoms with Crippen molar-refractivity contribution in [3.05, 3.63) is 22.2 Å². The van der Waals surface area contributed by atoms with Crippen LogP contribution in [0.1, 0.15) is 19.3 Å². The summed E-state index contributed by atoms with van der Waals surface area (Å²) in [6, 6.07) is 2.86.